The molecule has 1 heterocycles. The van der Waals surface area contributed by atoms with Crippen LogP contribution in [0.5, 0.6) is 0 Å². The summed E-state index contributed by atoms with van der Waals surface area (Å²) >= 11 is 6.31. The summed E-state index contributed by atoms with van der Waals surface area (Å²) in [5.41, 5.74) is 1.81. The smallest absolute Gasteiger partial charge is 0.344 e. The number of aromatic nitrogens is 2. The number of rotatable bonds is 6. The summed E-state index contributed by atoms with van der Waals surface area (Å²) in [6, 6.07) is 14.9. The molecule has 29 heavy (non-hydrogen) atoms. The van der Waals surface area contributed by atoms with E-state index in [2.05, 4.69) is 10.4 Å². The van der Waals surface area contributed by atoms with Gasteiger partial charge in [0.1, 0.15) is 16.5 Å². The van der Waals surface area contributed by atoms with Crippen molar-refractivity contribution < 1.29 is 18.7 Å². The van der Waals surface area contributed by atoms with Crippen molar-refractivity contribution in [2.24, 2.45) is 0 Å². The Morgan fingerprint density at radius 1 is 1.17 bits per heavy atom. The molecule has 150 valence electrons. The maximum Gasteiger partial charge on any atom is 0.344 e. The second-order valence-corrected chi connectivity index (χ2v) is 6.75. The fourth-order valence-corrected chi connectivity index (χ4v) is 3.04. The Morgan fingerprint density at radius 3 is 2.48 bits per heavy atom. The summed E-state index contributed by atoms with van der Waals surface area (Å²) in [5.74, 6) is -1.59. The Hall–Kier alpha value is -3.19. The lowest BCUT2D eigenvalue weighted by Crippen LogP contribution is -2.35. The molecule has 3 rings (SSSR count). The van der Waals surface area contributed by atoms with E-state index in [-0.39, 0.29) is 10.7 Å². The molecule has 0 saturated heterocycles. The van der Waals surface area contributed by atoms with Crippen LogP contribution in [0.25, 0.3) is 5.69 Å². The molecule has 1 amide bonds. The first-order valence-corrected chi connectivity index (χ1v) is 9.28. The molecule has 0 spiro atoms. The zero-order valence-corrected chi connectivity index (χ0v) is 16.6. The van der Waals surface area contributed by atoms with Crippen LogP contribution in [0.1, 0.15) is 28.5 Å². The van der Waals surface area contributed by atoms with Gasteiger partial charge in [0.25, 0.3) is 5.91 Å². The molecule has 6 nitrogen and oxygen atoms in total. The lowest BCUT2D eigenvalue weighted by molar-refractivity contribution is -0.129. The summed E-state index contributed by atoms with van der Waals surface area (Å²) < 4.78 is 19.7. The lowest BCUT2D eigenvalue weighted by Gasteiger charge is -2.13. The molecule has 0 bridgehead atoms. The van der Waals surface area contributed by atoms with E-state index in [1.807, 2.05) is 30.3 Å². The Balaban J connectivity index is 1.68. The number of hydrogen-bond donors (Lipinski definition) is 1. The highest BCUT2D eigenvalue weighted by Crippen LogP contribution is 2.25. The molecule has 1 atom stereocenters. The molecule has 0 radical (unpaired) electrons. The van der Waals surface area contributed by atoms with E-state index in [9.17, 15) is 14.0 Å². The highest BCUT2D eigenvalue weighted by atomic mass is 35.5. The monoisotopic (exact) mass is 415 g/mol. The summed E-state index contributed by atoms with van der Waals surface area (Å²) in [7, 11) is 0. The van der Waals surface area contributed by atoms with Gasteiger partial charge in [0.05, 0.1) is 11.4 Å². The second kappa shape index (κ2) is 8.87. The normalized spacial score (nSPS) is 11.7. The third-order valence-electron chi connectivity index (χ3n) is 4.24. The van der Waals surface area contributed by atoms with Crippen molar-refractivity contribution in [3.8, 4) is 5.69 Å². The second-order valence-electron chi connectivity index (χ2n) is 6.39. The minimum Gasteiger partial charge on any atom is -0.449 e. The van der Waals surface area contributed by atoms with Gasteiger partial charge in [-0.3, -0.25) is 4.79 Å². The molecule has 0 unspecified atom stereocenters. The maximum absolute atomic E-state index is 13.1. The number of amides is 1. The number of aryl methyl sites for hydroxylation is 1. The molecule has 0 aliphatic rings. The molecule has 2 aromatic carbocycles. The number of nitrogens with one attached hydrogen (secondary N) is 1. The summed E-state index contributed by atoms with van der Waals surface area (Å²) in [5, 5.41) is 6.96. The number of carbonyl (C=O) groups excluding carboxylic acids is 2. The zero-order chi connectivity index (χ0) is 21.0. The van der Waals surface area contributed by atoms with Crippen molar-refractivity contribution in [1.82, 2.24) is 15.1 Å². The van der Waals surface area contributed by atoms with E-state index in [1.165, 1.54) is 35.9 Å². The predicted molar refractivity (Wildman–Crippen MR) is 106 cm³/mol. The highest BCUT2D eigenvalue weighted by Gasteiger charge is 2.26. The zero-order valence-electron chi connectivity index (χ0n) is 15.9. The van der Waals surface area contributed by atoms with Crippen LogP contribution in [0, 0.1) is 12.7 Å². The topological polar surface area (TPSA) is 73.2 Å². The fraction of sp³-hybridized carbons (Fsp3) is 0.190. The van der Waals surface area contributed by atoms with Crippen molar-refractivity contribution in [3.05, 3.63) is 82.4 Å². The van der Waals surface area contributed by atoms with Crippen LogP contribution < -0.4 is 5.32 Å². The molecule has 0 saturated carbocycles. The van der Waals surface area contributed by atoms with E-state index in [0.717, 1.165) is 5.56 Å². The Bertz CT molecular complexity index is 1020. The first-order valence-electron chi connectivity index (χ1n) is 8.90. The SMILES string of the molecule is Cc1nn(-c2ccc(F)cc2)c(Cl)c1C(=O)O[C@H](C)C(=O)NCc1ccccc1. The number of benzene rings is 2. The van der Waals surface area contributed by atoms with Crippen LogP contribution in [-0.2, 0) is 16.1 Å². The molecule has 1 aromatic heterocycles. The number of ether oxygens (including phenoxy) is 1. The Kier molecular flexibility index (Phi) is 6.29. The van der Waals surface area contributed by atoms with Crippen LogP contribution in [-0.4, -0.2) is 27.8 Å². The number of esters is 1. The summed E-state index contributed by atoms with van der Waals surface area (Å²) in [6.45, 7) is 3.40. The molecule has 3 aromatic rings. The average molecular weight is 416 g/mol. The van der Waals surface area contributed by atoms with Gasteiger partial charge in [0.2, 0.25) is 0 Å². The predicted octanol–water partition coefficient (Wildman–Crippen LogP) is 3.83. The van der Waals surface area contributed by atoms with Gasteiger partial charge in [-0.15, -0.1) is 0 Å². The van der Waals surface area contributed by atoms with Crippen molar-refractivity contribution in [3.63, 3.8) is 0 Å². The van der Waals surface area contributed by atoms with Gasteiger partial charge in [0.15, 0.2) is 6.10 Å². The Labute approximate surface area is 172 Å². The highest BCUT2D eigenvalue weighted by molar-refractivity contribution is 6.33. The number of nitrogens with zero attached hydrogens (tertiary/aromatic N) is 2. The van der Waals surface area contributed by atoms with E-state index >= 15 is 0 Å². The van der Waals surface area contributed by atoms with E-state index in [4.69, 9.17) is 16.3 Å². The van der Waals surface area contributed by atoms with Crippen LogP contribution in [0.4, 0.5) is 4.39 Å². The largest absolute Gasteiger partial charge is 0.449 e. The van der Waals surface area contributed by atoms with E-state index in [0.29, 0.717) is 17.9 Å². The third kappa shape index (κ3) is 4.81. The van der Waals surface area contributed by atoms with Crippen molar-refractivity contribution >= 4 is 23.5 Å². The lowest BCUT2D eigenvalue weighted by atomic mass is 10.2. The molecule has 0 fully saturated rings. The summed E-state index contributed by atoms with van der Waals surface area (Å²) in [4.78, 5) is 24.8. The molecular formula is C21H19ClFN3O3. The van der Waals surface area contributed by atoms with Gasteiger partial charge < -0.3 is 10.1 Å². The minimum absolute atomic E-state index is 0.0241. The van der Waals surface area contributed by atoms with Gasteiger partial charge in [-0.25, -0.2) is 13.9 Å². The quantitative estimate of drug-likeness (QED) is 0.621. The first-order chi connectivity index (χ1) is 13.9. The Morgan fingerprint density at radius 2 is 1.83 bits per heavy atom. The molecule has 1 N–H and O–H groups in total. The van der Waals surface area contributed by atoms with E-state index in [1.54, 1.807) is 6.92 Å². The van der Waals surface area contributed by atoms with Gasteiger partial charge >= 0.3 is 5.97 Å². The first kappa shape index (κ1) is 20.5. The van der Waals surface area contributed by atoms with Gasteiger partial charge in [-0.1, -0.05) is 41.9 Å². The van der Waals surface area contributed by atoms with Crippen LogP contribution in [0.2, 0.25) is 5.15 Å². The molecule has 8 heteroatoms. The molecule has 0 aliphatic carbocycles. The van der Waals surface area contributed by atoms with Gasteiger partial charge in [-0.2, -0.15) is 5.10 Å². The van der Waals surface area contributed by atoms with Gasteiger partial charge in [-0.05, 0) is 43.7 Å². The van der Waals surface area contributed by atoms with Crippen molar-refractivity contribution in [2.75, 3.05) is 0 Å². The third-order valence-corrected chi connectivity index (χ3v) is 4.59. The standard InChI is InChI=1S/C21H19ClFN3O3/c1-13-18(19(22)26(25-13)17-10-8-16(23)9-11-17)21(28)29-14(2)20(27)24-12-15-6-4-3-5-7-15/h3-11,14H,12H2,1-2H3,(H,24,27)/t14-/m1/s1. The van der Waals surface area contributed by atoms with Gasteiger partial charge in [0, 0.05) is 6.54 Å². The molecular weight excluding hydrogens is 397 g/mol. The van der Waals surface area contributed by atoms with Crippen LogP contribution in [0.3, 0.4) is 0 Å². The van der Waals surface area contributed by atoms with E-state index < -0.39 is 23.8 Å². The summed E-state index contributed by atoms with van der Waals surface area (Å²) in [6.07, 6.45) is -1.02. The van der Waals surface area contributed by atoms with Crippen LogP contribution >= 0.6 is 11.6 Å². The van der Waals surface area contributed by atoms with Crippen molar-refractivity contribution in [1.29, 1.82) is 0 Å². The molecule has 0 aliphatic heterocycles. The average Bonchev–Trinajstić information content (AvgIpc) is 3.01. The number of carbonyl (C=O) groups is 2. The minimum atomic E-state index is -1.02. The number of hydrogen-bond acceptors (Lipinski definition) is 4. The fourth-order valence-electron chi connectivity index (χ4n) is 2.69. The van der Waals surface area contributed by atoms with Crippen LogP contribution in [0.15, 0.2) is 54.6 Å². The van der Waals surface area contributed by atoms with Crippen molar-refractivity contribution in [2.45, 2.75) is 26.5 Å². The number of halogens is 2. The maximum atomic E-state index is 13.1.